The Labute approximate surface area is 152 Å². The van der Waals surface area contributed by atoms with Crippen LogP contribution < -0.4 is 10.2 Å². The van der Waals surface area contributed by atoms with E-state index in [1.54, 1.807) is 36.8 Å². The molecule has 2 aromatic heterocycles. The molecule has 10 heteroatoms. The molecule has 26 heavy (non-hydrogen) atoms. The molecule has 3 heterocycles. The van der Waals surface area contributed by atoms with E-state index in [0.29, 0.717) is 51.1 Å². The smallest absolute Gasteiger partial charge is 0.318 e. The van der Waals surface area contributed by atoms with Gasteiger partial charge in [-0.05, 0) is 13.0 Å². The average Bonchev–Trinajstić information content (AvgIpc) is 3.16. The van der Waals surface area contributed by atoms with Gasteiger partial charge in [0.15, 0.2) is 5.82 Å². The summed E-state index contributed by atoms with van der Waals surface area (Å²) in [7, 11) is 1.65. The van der Waals surface area contributed by atoms with Crippen molar-refractivity contribution in [2.75, 3.05) is 44.8 Å². The number of amides is 2. The number of carbonyl (C=O) groups is 1. The molecule has 0 aromatic carbocycles. The monoisotopic (exact) mass is 360 g/mol. The van der Waals surface area contributed by atoms with Crippen molar-refractivity contribution in [3.63, 3.8) is 0 Å². The van der Waals surface area contributed by atoms with E-state index in [0.717, 1.165) is 0 Å². The lowest BCUT2D eigenvalue weighted by molar-refractivity contribution is 0.183. The van der Waals surface area contributed by atoms with E-state index in [2.05, 4.69) is 30.4 Å². The maximum Gasteiger partial charge on any atom is 0.318 e. The summed E-state index contributed by atoms with van der Waals surface area (Å²) in [5.41, 5.74) is 0. The second kappa shape index (κ2) is 8.56. The minimum atomic E-state index is -0.239. The van der Waals surface area contributed by atoms with Crippen molar-refractivity contribution in [2.24, 2.45) is 0 Å². The summed E-state index contributed by atoms with van der Waals surface area (Å²) in [6.07, 6.45) is 5.10. The fourth-order valence-corrected chi connectivity index (χ4v) is 2.87. The summed E-state index contributed by atoms with van der Waals surface area (Å²) in [5.74, 6) is 1.42. The van der Waals surface area contributed by atoms with Gasteiger partial charge in [-0.1, -0.05) is 0 Å². The van der Waals surface area contributed by atoms with Gasteiger partial charge >= 0.3 is 6.03 Å². The Bertz CT molecular complexity index is 699. The van der Waals surface area contributed by atoms with Gasteiger partial charge in [0.1, 0.15) is 6.33 Å². The topological polar surface area (TPSA) is 101 Å². The molecule has 3 rings (SSSR count). The highest BCUT2D eigenvalue weighted by molar-refractivity contribution is 5.74. The first-order valence-electron chi connectivity index (χ1n) is 8.63. The molecule has 0 spiro atoms. The molecule has 1 N–H and O–H groups in total. The molecule has 1 fully saturated rings. The summed E-state index contributed by atoms with van der Waals surface area (Å²) in [6.45, 7) is 5.76. The van der Waals surface area contributed by atoms with Crippen molar-refractivity contribution in [1.29, 1.82) is 0 Å². The number of rotatable bonds is 6. The molecule has 0 bridgehead atoms. The van der Waals surface area contributed by atoms with Crippen LogP contribution in [0.2, 0.25) is 0 Å². The van der Waals surface area contributed by atoms with Crippen molar-refractivity contribution in [3.8, 4) is 0 Å². The number of nitrogens with zero attached hydrogens (tertiary/aromatic N) is 7. The molecule has 1 aliphatic rings. The van der Waals surface area contributed by atoms with Gasteiger partial charge in [-0.2, -0.15) is 0 Å². The predicted molar refractivity (Wildman–Crippen MR) is 94.7 cm³/mol. The fourth-order valence-electron chi connectivity index (χ4n) is 2.87. The highest BCUT2D eigenvalue weighted by Gasteiger charge is 2.24. The molecule has 2 amide bonds. The van der Waals surface area contributed by atoms with Crippen LogP contribution in [0, 0.1) is 0 Å². The van der Waals surface area contributed by atoms with E-state index in [9.17, 15) is 4.79 Å². The van der Waals surface area contributed by atoms with E-state index >= 15 is 0 Å². The van der Waals surface area contributed by atoms with Gasteiger partial charge in [0, 0.05) is 52.2 Å². The SMILES string of the molecule is COCCn1cnnc1[C@@H](C)NC(=O)N1CCN(c2ncccn2)CC1. The zero-order chi connectivity index (χ0) is 18.4. The molecule has 0 radical (unpaired) electrons. The highest BCUT2D eigenvalue weighted by atomic mass is 16.5. The van der Waals surface area contributed by atoms with E-state index < -0.39 is 0 Å². The van der Waals surface area contributed by atoms with Crippen LogP contribution in [0.25, 0.3) is 0 Å². The van der Waals surface area contributed by atoms with E-state index in [4.69, 9.17) is 4.74 Å². The van der Waals surface area contributed by atoms with Crippen molar-refractivity contribution < 1.29 is 9.53 Å². The quantitative estimate of drug-likeness (QED) is 0.791. The van der Waals surface area contributed by atoms with Gasteiger partial charge < -0.3 is 24.4 Å². The van der Waals surface area contributed by atoms with Gasteiger partial charge in [0.25, 0.3) is 0 Å². The normalized spacial score (nSPS) is 15.8. The van der Waals surface area contributed by atoms with Crippen LogP contribution in [-0.2, 0) is 11.3 Å². The summed E-state index contributed by atoms with van der Waals surface area (Å²) in [4.78, 5) is 24.9. The Morgan fingerprint density at radius 1 is 1.27 bits per heavy atom. The third kappa shape index (κ3) is 4.26. The Hall–Kier alpha value is -2.75. The number of anilines is 1. The molecule has 1 atom stereocenters. The summed E-state index contributed by atoms with van der Waals surface area (Å²) < 4.78 is 6.97. The maximum absolute atomic E-state index is 12.6. The summed E-state index contributed by atoms with van der Waals surface area (Å²) in [6, 6.07) is 1.45. The van der Waals surface area contributed by atoms with Crippen LogP contribution >= 0.6 is 0 Å². The molecule has 1 aliphatic heterocycles. The van der Waals surface area contributed by atoms with Crippen LogP contribution in [0.15, 0.2) is 24.8 Å². The number of piperazine rings is 1. The number of hydrogen-bond donors (Lipinski definition) is 1. The van der Waals surface area contributed by atoms with Gasteiger partial charge in [0.05, 0.1) is 12.6 Å². The lowest BCUT2D eigenvalue weighted by Gasteiger charge is -2.35. The molecule has 0 saturated carbocycles. The number of aromatic nitrogens is 5. The molecular formula is C16H24N8O2. The van der Waals surface area contributed by atoms with Gasteiger partial charge in [0.2, 0.25) is 5.95 Å². The van der Waals surface area contributed by atoms with E-state index in [1.165, 1.54) is 0 Å². The van der Waals surface area contributed by atoms with Crippen molar-refractivity contribution in [1.82, 2.24) is 34.9 Å². The first-order chi connectivity index (χ1) is 12.7. The van der Waals surface area contributed by atoms with E-state index in [-0.39, 0.29) is 12.1 Å². The molecule has 0 aliphatic carbocycles. The van der Waals surface area contributed by atoms with Crippen LogP contribution in [0.4, 0.5) is 10.7 Å². The molecule has 10 nitrogen and oxygen atoms in total. The zero-order valence-electron chi connectivity index (χ0n) is 15.1. The summed E-state index contributed by atoms with van der Waals surface area (Å²) in [5, 5.41) is 11.0. The standard InChI is InChI=1S/C16H24N8O2/c1-13(14-21-19-12-24(14)10-11-26-2)20-16(25)23-8-6-22(7-9-23)15-17-4-3-5-18-15/h3-5,12-13H,6-11H2,1-2H3,(H,20,25)/t13-/m1/s1. The number of nitrogens with one attached hydrogen (secondary N) is 1. The largest absolute Gasteiger partial charge is 0.383 e. The molecular weight excluding hydrogens is 336 g/mol. The molecule has 140 valence electrons. The highest BCUT2D eigenvalue weighted by Crippen LogP contribution is 2.12. The number of hydrogen-bond acceptors (Lipinski definition) is 7. The van der Waals surface area contributed by atoms with Crippen LogP contribution in [0.3, 0.4) is 0 Å². The molecule has 2 aromatic rings. The van der Waals surface area contributed by atoms with Crippen LogP contribution in [0.5, 0.6) is 0 Å². The van der Waals surface area contributed by atoms with Crippen molar-refractivity contribution >= 4 is 12.0 Å². The third-order valence-electron chi connectivity index (χ3n) is 4.31. The van der Waals surface area contributed by atoms with Gasteiger partial charge in [-0.15, -0.1) is 10.2 Å². The number of methoxy groups -OCH3 is 1. The first-order valence-corrected chi connectivity index (χ1v) is 8.63. The van der Waals surface area contributed by atoms with Crippen LogP contribution in [0.1, 0.15) is 18.8 Å². The Balaban J connectivity index is 1.52. The second-order valence-corrected chi connectivity index (χ2v) is 6.07. The molecule has 1 saturated heterocycles. The van der Waals surface area contributed by atoms with Crippen molar-refractivity contribution in [3.05, 3.63) is 30.6 Å². The lowest BCUT2D eigenvalue weighted by Crippen LogP contribution is -2.52. The lowest BCUT2D eigenvalue weighted by atomic mass is 10.3. The zero-order valence-corrected chi connectivity index (χ0v) is 15.1. The average molecular weight is 360 g/mol. The second-order valence-electron chi connectivity index (χ2n) is 6.07. The minimum absolute atomic E-state index is 0.104. The van der Waals surface area contributed by atoms with Crippen molar-refractivity contribution in [2.45, 2.75) is 19.5 Å². The van der Waals surface area contributed by atoms with Gasteiger partial charge in [-0.25, -0.2) is 14.8 Å². The number of ether oxygens (including phenoxy) is 1. The van der Waals surface area contributed by atoms with Gasteiger partial charge in [-0.3, -0.25) is 0 Å². The van der Waals surface area contributed by atoms with Crippen LogP contribution in [-0.4, -0.2) is 75.6 Å². The fraction of sp³-hybridized carbons (Fsp3) is 0.562. The summed E-state index contributed by atoms with van der Waals surface area (Å²) >= 11 is 0. The Morgan fingerprint density at radius 3 is 2.69 bits per heavy atom. The van der Waals surface area contributed by atoms with E-state index in [1.807, 2.05) is 11.5 Å². The number of carbonyl (C=O) groups excluding carboxylic acids is 1. The first kappa shape index (κ1) is 18.1. The molecule has 0 unspecified atom stereocenters. The third-order valence-corrected chi connectivity index (χ3v) is 4.31. The Kier molecular flexibility index (Phi) is 5.95. The Morgan fingerprint density at radius 2 is 2.00 bits per heavy atom. The number of urea groups is 1. The minimum Gasteiger partial charge on any atom is -0.383 e. The predicted octanol–water partition coefficient (Wildman–Crippen LogP) is 0.307. The maximum atomic E-state index is 12.6.